The first-order valence-corrected chi connectivity index (χ1v) is 6.81. The molecule has 0 spiro atoms. The quantitative estimate of drug-likeness (QED) is 0.887. The number of rotatable bonds is 3. The highest BCUT2D eigenvalue weighted by Crippen LogP contribution is 2.30. The highest BCUT2D eigenvalue weighted by Gasteiger charge is 2.33. The Balaban J connectivity index is 2.10. The fourth-order valence-electron chi connectivity index (χ4n) is 2.83. The Morgan fingerprint density at radius 2 is 1.72 bits per heavy atom. The van der Waals surface area contributed by atoms with E-state index in [4.69, 9.17) is 0 Å². The average molecular weight is 245 g/mol. The Morgan fingerprint density at radius 1 is 1.17 bits per heavy atom. The molecule has 2 rings (SSSR count). The number of hydrogen-bond acceptors (Lipinski definition) is 2. The second-order valence-electron chi connectivity index (χ2n) is 5.91. The average Bonchev–Trinajstić information content (AvgIpc) is 2.28. The number of aryl methyl sites for hydroxylation is 2. The van der Waals surface area contributed by atoms with Gasteiger partial charge in [0, 0.05) is 11.8 Å². The van der Waals surface area contributed by atoms with E-state index < -0.39 is 0 Å². The summed E-state index contributed by atoms with van der Waals surface area (Å²) in [5.41, 5.74) is 3.53. The van der Waals surface area contributed by atoms with Gasteiger partial charge in [0.2, 0.25) is 0 Å². The highest BCUT2D eigenvalue weighted by molar-refractivity contribution is 5.86. The van der Waals surface area contributed by atoms with Crippen molar-refractivity contribution >= 4 is 5.78 Å². The smallest absolute Gasteiger partial charge is 0.143 e. The molecule has 2 heteroatoms. The van der Waals surface area contributed by atoms with Crippen LogP contribution in [-0.4, -0.2) is 18.9 Å². The van der Waals surface area contributed by atoms with Gasteiger partial charge in [-0.25, -0.2) is 0 Å². The van der Waals surface area contributed by atoms with Crippen LogP contribution in [0, 0.1) is 19.3 Å². The zero-order valence-corrected chi connectivity index (χ0v) is 11.7. The van der Waals surface area contributed by atoms with E-state index in [-0.39, 0.29) is 5.41 Å². The van der Waals surface area contributed by atoms with Gasteiger partial charge in [-0.05, 0) is 45.3 Å². The van der Waals surface area contributed by atoms with Crippen LogP contribution >= 0.6 is 0 Å². The summed E-state index contributed by atoms with van der Waals surface area (Å²) >= 11 is 0. The van der Waals surface area contributed by atoms with Crippen LogP contribution in [0.2, 0.25) is 0 Å². The number of ketones is 1. The van der Waals surface area contributed by atoms with Gasteiger partial charge in [0.15, 0.2) is 0 Å². The monoisotopic (exact) mass is 245 g/mol. The molecular formula is C16H23NO. The maximum absolute atomic E-state index is 12.5. The van der Waals surface area contributed by atoms with Gasteiger partial charge < -0.3 is 5.32 Å². The Hall–Kier alpha value is -1.15. The van der Waals surface area contributed by atoms with Gasteiger partial charge in [-0.1, -0.05) is 36.2 Å². The van der Waals surface area contributed by atoms with Crippen LogP contribution in [0.1, 0.15) is 36.5 Å². The molecule has 1 aromatic carbocycles. The molecule has 0 radical (unpaired) electrons. The van der Waals surface area contributed by atoms with Crippen LogP contribution in [0.15, 0.2) is 18.2 Å². The van der Waals surface area contributed by atoms with Crippen LogP contribution in [0.25, 0.3) is 0 Å². The maximum atomic E-state index is 12.5. The molecule has 0 saturated carbocycles. The molecule has 0 aliphatic carbocycles. The third kappa shape index (κ3) is 2.99. The molecule has 1 aliphatic heterocycles. The van der Waals surface area contributed by atoms with Crippen molar-refractivity contribution < 1.29 is 4.79 Å². The van der Waals surface area contributed by atoms with Crippen LogP contribution in [-0.2, 0) is 11.2 Å². The molecule has 1 heterocycles. The van der Waals surface area contributed by atoms with Gasteiger partial charge in [-0.15, -0.1) is 0 Å². The van der Waals surface area contributed by atoms with Gasteiger partial charge in [-0.3, -0.25) is 4.79 Å². The number of hydrogen-bond donors (Lipinski definition) is 1. The normalized spacial score (nSPS) is 18.6. The van der Waals surface area contributed by atoms with Crippen LogP contribution in [0.4, 0.5) is 0 Å². The van der Waals surface area contributed by atoms with Crippen molar-refractivity contribution in [1.29, 1.82) is 0 Å². The van der Waals surface area contributed by atoms with Gasteiger partial charge >= 0.3 is 0 Å². The van der Waals surface area contributed by atoms with Crippen molar-refractivity contribution in [3.05, 3.63) is 34.9 Å². The minimum Gasteiger partial charge on any atom is -0.317 e. The zero-order valence-electron chi connectivity index (χ0n) is 11.7. The molecule has 1 aromatic rings. The third-order valence-electron chi connectivity index (χ3n) is 4.03. The molecular weight excluding hydrogens is 222 g/mol. The molecule has 0 amide bonds. The van der Waals surface area contributed by atoms with E-state index in [1.807, 2.05) is 0 Å². The second kappa shape index (κ2) is 5.23. The molecule has 1 saturated heterocycles. The minimum atomic E-state index is -0.122. The number of Topliss-reactive ketones (excluding diaryl/α,β-unsaturated/α-hetero) is 1. The fourth-order valence-corrected chi connectivity index (χ4v) is 2.83. The number of carbonyl (C=O) groups excluding carboxylic acids is 1. The molecule has 98 valence electrons. The SMILES string of the molecule is Cc1cc(C)cc(CC(=O)C2(C)CCNCC2)c1. The van der Waals surface area contributed by atoms with Gasteiger partial charge in [0.25, 0.3) is 0 Å². The lowest BCUT2D eigenvalue weighted by molar-refractivity contribution is -0.128. The predicted octanol–water partition coefficient (Wildman–Crippen LogP) is 2.80. The molecule has 18 heavy (non-hydrogen) atoms. The number of nitrogens with one attached hydrogen (secondary N) is 1. The van der Waals surface area contributed by atoms with Crippen molar-refractivity contribution in [3.63, 3.8) is 0 Å². The summed E-state index contributed by atoms with van der Waals surface area (Å²) in [6.07, 6.45) is 2.52. The maximum Gasteiger partial charge on any atom is 0.143 e. The second-order valence-corrected chi connectivity index (χ2v) is 5.91. The minimum absolute atomic E-state index is 0.122. The van der Waals surface area contributed by atoms with E-state index in [2.05, 4.69) is 44.3 Å². The first-order valence-electron chi connectivity index (χ1n) is 6.81. The summed E-state index contributed by atoms with van der Waals surface area (Å²) in [5, 5.41) is 3.32. The van der Waals surface area contributed by atoms with Gasteiger partial charge in [0.1, 0.15) is 5.78 Å². The fraction of sp³-hybridized carbons (Fsp3) is 0.562. The number of benzene rings is 1. The molecule has 0 aromatic heterocycles. The van der Waals surface area contributed by atoms with Crippen molar-refractivity contribution in [2.45, 2.75) is 40.0 Å². The van der Waals surface area contributed by atoms with Crippen LogP contribution in [0.5, 0.6) is 0 Å². The predicted molar refractivity (Wildman–Crippen MR) is 74.8 cm³/mol. The van der Waals surface area contributed by atoms with Gasteiger partial charge in [0.05, 0.1) is 0 Å². The Labute approximate surface area is 110 Å². The first kappa shape index (κ1) is 13.3. The standard InChI is InChI=1S/C16H23NO/c1-12-8-13(2)10-14(9-12)11-15(18)16(3)4-6-17-7-5-16/h8-10,17H,4-7,11H2,1-3H3. The van der Waals surface area contributed by atoms with Crippen molar-refractivity contribution in [2.75, 3.05) is 13.1 Å². The Kier molecular flexibility index (Phi) is 3.86. The highest BCUT2D eigenvalue weighted by atomic mass is 16.1. The van der Waals surface area contributed by atoms with Crippen molar-refractivity contribution in [2.24, 2.45) is 5.41 Å². The largest absolute Gasteiger partial charge is 0.317 e. The Bertz CT molecular complexity index is 424. The van der Waals surface area contributed by atoms with Crippen molar-refractivity contribution in [1.82, 2.24) is 5.32 Å². The first-order chi connectivity index (χ1) is 8.49. The zero-order chi connectivity index (χ0) is 13.2. The molecule has 0 atom stereocenters. The number of carbonyl (C=O) groups is 1. The summed E-state index contributed by atoms with van der Waals surface area (Å²) in [7, 11) is 0. The van der Waals surface area contributed by atoms with Crippen LogP contribution in [0.3, 0.4) is 0 Å². The molecule has 0 unspecified atom stereocenters. The van der Waals surface area contributed by atoms with E-state index in [0.29, 0.717) is 12.2 Å². The van der Waals surface area contributed by atoms with E-state index in [1.165, 1.54) is 11.1 Å². The lowest BCUT2D eigenvalue weighted by Crippen LogP contribution is -2.40. The number of piperidine rings is 1. The lowest BCUT2D eigenvalue weighted by atomic mass is 9.75. The van der Waals surface area contributed by atoms with Gasteiger partial charge in [-0.2, -0.15) is 0 Å². The summed E-state index contributed by atoms with van der Waals surface area (Å²) in [5.74, 6) is 0.397. The molecule has 0 bridgehead atoms. The summed E-state index contributed by atoms with van der Waals surface area (Å²) in [4.78, 5) is 12.5. The lowest BCUT2D eigenvalue weighted by Gasteiger charge is -2.32. The summed E-state index contributed by atoms with van der Waals surface area (Å²) < 4.78 is 0. The molecule has 1 aliphatic rings. The van der Waals surface area contributed by atoms with E-state index in [0.717, 1.165) is 31.5 Å². The van der Waals surface area contributed by atoms with E-state index in [9.17, 15) is 4.79 Å². The van der Waals surface area contributed by atoms with Crippen LogP contribution < -0.4 is 5.32 Å². The molecule has 1 N–H and O–H groups in total. The third-order valence-corrected chi connectivity index (χ3v) is 4.03. The van der Waals surface area contributed by atoms with E-state index >= 15 is 0 Å². The van der Waals surface area contributed by atoms with Crippen molar-refractivity contribution in [3.8, 4) is 0 Å². The molecule has 1 fully saturated rings. The topological polar surface area (TPSA) is 29.1 Å². The summed E-state index contributed by atoms with van der Waals surface area (Å²) in [6, 6.07) is 6.42. The molecule has 2 nitrogen and oxygen atoms in total. The Morgan fingerprint density at radius 3 is 2.28 bits per heavy atom. The summed E-state index contributed by atoms with van der Waals surface area (Å²) in [6.45, 7) is 8.24. The van der Waals surface area contributed by atoms with E-state index in [1.54, 1.807) is 0 Å².